The Bertz CT molecular complexity index is 203. The van der Waals surface area contributed by atoms with Crippen molar-refractivity contribution in [2.24, 2.45) is 5.92 Å². The third-order valence-corrected chi connectivity index (χ3v) is 4.29. The van der Waals surface area contributed by atoms with Gasteiger partial charge in [-0.25, -0.2) is 0 Å². The molecule has 0 spiro atoms. The van der Waals surface area contributed by atoms with Gasteiger partial charge in [-0.05, 0) is 64.7 Å². The van der Waals surface area contributed by atoms with Crippen LogP contribution in [0.3, 0.4) is 0 Å². The Morgan fingerprint density at radius 1 is 1.05 bits per heavy atom. The van der Waals surface area contributed by atoms with Gasteiger partial charge in [-0.3, -0.25) is 0 Å². The van der Waals surface area contributed by atoms with E-state index in [0.717, 1.165) is 12.0 Å². The summed E-state index contributed by atoms with van der Waals surface area (Å²) in [6.45, 7) is 12.0. The van der Waals surface area contributed by atoms with E-state index in [-0.39, 0.29) is 0 Å². The molecule has 1 N–H and O–H groups in total. The summed E-state index contributed by atoms with van der Waals surface area (Å²) >= 11 is 0. The molecule has 2 nitrogen and oxygen atoms in total. The van der Waals surface area contributed by atoms with Crippen molar-refractivity contribution < 1.29 is 0 Å². The Hall–Kier alpha value is -0.0800. The zero-order valence-corrected chi connectivity index (χ0v) is 13.6. The summed E-state index contributed by atoms with van der Waals surface area (Å²) < 4.78 is 0. The van der Waals surface area contributed by atoms with E-state index in [1.807, 2.05) is 0 Å². The third kappa shape index (κ3) is 8.65. The lowest BCUT2D eigenvalue weighted by atomic mass is 10.1. The van der Waals surface area contributed by atoms with Crippen LogP contribution in [-0.4, -0.2) is 37.1 Å². The van der Waals surface area contributed by atoms with Crippen molar-refractivity contribution in [2.45, 2.75) is 78.2 Å². The first kappa shape index (κ1) is 17.0. The van der Waals surface area contributed by atoms with E-state index in [1.165, 1.54) is 77.5 Å². The molecule has 0 saturated carbocycles. The number of unbranched alkanes of at least 4 members (excludes halogenated alkanes) is 3. The molecule has 1 heterocycles. The van der Waals surface area contributed by atoms with Gasteiger partial charge < -0.3 is 10.2 Å². The van der Waals surface area contributed by atoms with E-state index in [0.29, 0.717) is 0 Å². The first-order valence-electron chi connectivity index (χ1n) is 8.65. The first-order valence-corrected chi connectivity index (χ1v) is 8.65. The van der Waals surface area contributed by atoms with Gasteiger partial charge in [0.1, 0.15) is 0 Å². The fraction of sp³-hybridized carbons (Fsp3) is 1.00. The molecule has 1 atom stereocenters. The van der Waals surface area contributed by atoms with Gasteiger partial charge in [0.2, 0.25) is 0 Å². The topological polar surface area (TPSA) is 15.3 Å². The monoisotopic (exact) mass is 268 g/mol. The fourth-order valence-electron chi connectivity index (χ4n) is 2.98. The van der Waals surface area contributed by atoms with Crippen LogP contribution in [0.4, 0.5) is 0 Å². The Morgan fingerprint density at radius 2 is 1.84 bits per heavy atom. The van der Waals surface area contributed by atoms with Gasteiger partial charge in [0, 0.05) is 6.04 Å². The molecule has 1 rings (SSSR count). The maximum Gasteiger partial charge on any atom is 0.00669 e. The molecule has 0 aromatic rings. The van der Waals surface area contributed by atoms with Gasteiger partial charge in [-0.1, -0.05) is 39.5 Å². The van der Waals surface area contributed by atoms with Crippen molar-refractivity contribution in [2.75, 3.05) is 26.2 Å². The number of hydrogen-bond acceptors (Lipinski definition) is 2. The number of likely N-dealkylation sites (tertiary alicyclic amines) is 1. The van der Waals surface area contributed by atoms with Crippen LogP contribution in [0.1, 0.15) is 72.1 Å². The molecule has 2 heteroatoms. The van der Waals surface area contributed by atoms with Gasteiger partial charge in [0.25, 0.3) is 0 Å². The molecule has 1 unspecified atom stereocenters. The molecule has 0 aromatic carbocycles. The van der Waals surface area contributed by atoms with E-state index in [2.05, 4.69) is 31.0 Å². The van der Waals surface area contributed by atoms with Gasteiger partial charge >= 0.3 is 0 Å². The Morgan fingerprint density at radius 3 is 2.63 bits per heavy atom. The molecular formula is C17H36N2. The molecule has 1 fully saturated rings. The molecule has 0 amide bonds. The quantitative estimate of drug-likeness (QED) is 0.635. The lowest BCUT2D eigenvalue weighted by molar-refractivity contribution is 0.209. The van der Waals surface area contributed by atoms with Crippen molar-refractivity contribution in [3.05, 3.63) is 0 Å². The minimum atomic E-state index is 0.782. The minimum absolute atomic E-state index is 0.782. The fourth-order valence-corrected chi connectivity index (χ4v) is 2.98. The van der Waals surface area contributed by atoms with Crippen molar-refractivity contribution >= 4 is 0 Å². The average molecular weight is 268 g/mol. The van der Waals surface area contributed by atoms with E-state index in [9.17, 15) is 0 Å². The normalized spacial score (nSPS) is 21.8. The number of hydrogen-bond donors (Lipinski definition) is 1. The molecule has 1 aliphatic heterocycles. The second-order valence-electron chi connectivity index (χ2n) is 6.75. The van der Waals surface area contributed by atoms with Crippen molar-refractivity contribution in [1.29, 1.82) is 0 Å². The summed E-state index contributed by atoms with van der Waals surface area (Å²) in [5.41, 5.74) is 0. The summed E-state index contributed by atoms with van der Waals surface area (Å²) in [5, 5.41) is 3.53. The molecule has 114 valence electrons. The van der Waals surface area contributed by atoms with E-state index >= 15 is 0 Å². The van der Waals surface area contributed by atoms with Crippen LogP contribution in [0.15, 0.2) is 0 Å². The van der Waals surface area contributed by atoms with Crippen molar-refractivity contribution in [1.82, 2.24) is 10.2 Å². The first-order chi connectivity index (χ1) is 9.20. The van der Waals surface area contributed by atoms with Crippen LogP contribution in [-0.2, 0) is 0 Å². The summed E-state index contributed by atoms with van der Waals surface area (Å²) in [4.78, 5) is 2.73. The highest BCUT2D eigenvalue weighted by atomic mass is 15.1. The standard InChI is InChI=1S/C17H36N2/c1-16(2)15-18-12-8-4-5-9-13-19-14-10-6-7-11-17(19)3/h16-18H,4-15H2,1-3H3. The van der Waals surface area contributed by atoms with Crippen LogP contribution >= 0.6 is 0 Å². The number of nitrogens with zero attached hydrogens (tertiary/aromatic N) is 1. The minimum Gasteiger partial charge on any atom is -0.316 e. The number of rotatable bonds is 9. The summed E-state index contributed by atoms with van der Waals surface area (Å²) in [7, 11) is 0. The Labute approximate surface area is 121 Å². The zero-order chi connectivity index (χ0) is 13.9. The van der Waals surface area contributed by atoms with E-state index in [4.69, 9.17) is 0 Å². The number of nitrogens with one attached hydrogen (secondary N) is 1. The summed E-state index contributed by atoms with van der Waals surface area (Å²) in [6, 6.07) is 0.829. The van der Waals surface area contributed by atoms with Gasteiger partial charge in [0.15, 0.2) is 0 Å². The largest absolute Gasteiger partial charge is 0.316 e. The van der Waals surface area contributed by atoms with Crippen LogP contribution in [0.2, 0.25) is 0 Å². The second-order valence-corrected chi connectivity index (χ2v) is 6.75. The Balaban J connectivity index is 1.92. The van der Waals surface area contributed by atoms with Crippen molar-refractivity contribution in [3.8, 4) is 0 Å². The van der Waals surface area contributed by atoms with Crippen LogP contribution in [0.25, 0.3) is 0 Å². The van der Waals surface area contributed by atoms with Gasteiger partial charge in [-0.2, -0.15) is 0 Å². The lowest BCUT2D eigenvalue weighted by Crippen LogP contribution is -2.33. The molecule has 0 aromatic heterocycles. The van der Waals surface area contributed by atoms with Crippen molar-refractivity contribution in [3.63, 3.8) is 0 Å². The molecular weight excluding hydrogens is 232 g/mol. The predicted octanol–water partition coefficient (Wildman–Crippen LogP) is 4.06. The van der Waals surface area contributed by atoms with Gasteiger partial charge in [0.05, 0.1) is 0 Å². The Kier molecular flexibility index (Phi) is 9.54. The maximum absolute atomic E-state index is 3.53. The van der Waals surface area contributed by atoms with Gasteiger partial charge in [-0.15, -0.1) is 0 Å². The summed E-state index contributed by atoms with van der Waals surface area (Å²) in [5.74, 6) is 0.782. The molecule has 1 saturated heterocycles. The zero-order valence-electron chi connectivity index (χ0n) is 13.6. The van der Waals surface area contributed by atoms with Crippen LogP contribution < -0.4 is 5.32 Å². The maximum atomic E-state index is 3.53. The average Bonchev–Trinajstić information content (AvgIpc) is 2.57. The van der Waals surface area contributed by atoms with E-state index < -0.39 is 0 Å². The summed E-state index contributed by atoms with van der Waals surface area (Å²) in [6.07, 6.45) is 11.3. The third-order valence-electron chi connectivity index (χ3n) is 4.29. The molecule has 1 aliphatic rings. The van der Waals surface area contributed by atoms with Crippen LogP contribution in [0, 0.1) is 5.92 Å². The molecule has 0 bridgehead atoms. The smallest absolute Gasteiger partial charge is 0.00669 e. The molecule has 0 radical (unpaired) electrons. The van der Waals surface area contributed by atoms with E-state index in [1.54, 1.807) is 0 Å². The highest BCUT2D eigenvalue weighted by Gasteiger charge is 2.15. The SMILES string of the molecule is CC(C)CNCCCCCCN1CCCCCC1C. The highest BCUT2D eigenvalue weighted by Crippen LogP contribution is 2.17. The predicted molar refractivity (Wildman–Crippen MR) is 85.7 cm³/mol. The van der Waals surface area contributed by atoms with Crippen LogP contribution in [0.5, 0.6) is 0 Å². The molecule has 0 aliphatic carbocycles. The second kappa shape index (κ2) is 10.7. The lowest BCUT2D eigenvalue weighted by Gasteiger charge is -2.26. The molecule has 19 heavy (non-hydrogen) atoms. The highest BCUT2D eigenvalue weighted by molar-refractivity contribution is 4.71.